The Hall–Kier alpha value is -1.40. The van der Waals surface area contributed by atoms with Crippen molar-refractivity contribution in [2.45, 2.75) is 44.4 Å². The molecule has 0 spiro atoms. The Kier molecular flexibility index (Phi) is 6.20. The van der Waals surface area contributed by atoms with Gasteiger partial charge < -0.3 is 15.1 Å². The molecular weight excluding hydrogens is 270 g/mol. The van der Waals surface area contributed by atoms with Crippen LogP contribution in [0.1, 0.15) is 60.6 Å². The van der Waals surface area contributed by atoms with Gasteiger partial charge in [-0.3, -0.25) is 9.89 Å². The highest BCUT2D eigenvalue weighted by Gasteiger charge is 2.22. The van der Waals surface area contributed by atoms with Crippen LogP contribution in [0.15, 0.2) is 6.07 Å². The van der Waals surface area contributed by atoms with E-state index in [1.807, 2.05) is 6.07 Å². The van der Waals surface area contributed by atoms with E-state index >= 15 is 0 Å². The Morgan fingerprint density at radius 1 is 1.24 bits per heavy atom. The Morgan fingerprint density at radius 3 is 2.67 bits per heavy atom. The second-order valence-corrected chi connectivity index (χ2v) is 5.64. The molecule has 3 N–H and O–H groups in total. The van der Waals surface area contributed by atoms with Crippen LogP contribution in [0, 0.1) is 0 Å². The molecule has 6 nitrogen and oxygen atoms in total. The molecule has 1 amide bonds. The molecule has 2 rings (SSSR count). The van der Waals surface area contributed by atoms with Crippen molar-refractivity contribution in [3.63, 3.8) is 0 Å². The lowest BCUT2D eigenvalue weighted by Gasteiger charge is -2.20. The summed E-state index contributed by atoms with van der Waals surface area (Å²) in [5.41, 5.74) is 1.45. The quantitative estimate of drug-likeness (QED) is 0.707. The third-order valence-corrected chi connectivity index (χ3v) is 4.11. The molecule has 0 saturated heterocycles. The van der Waals surface area contributed by atoms with Crippen LogP contribution in [-0.2, 0) is 0 Å². The molecular formula is C15H25N3O3. The summed E-state index contributed by atoms with van der Waals surface area (Å²) >= 11 is 0. The highest BCUT2D eigenvalue weighted by Crippen LogP contribution is 2.31. The summed E-state index contributed by atoms with van der Waals surface area (Å²) < 4.78 is 0. The van der Waals surface area contributed by atoms with Crippen LogP contribution in [0.3, 0.4) is 0 Å². The maximum absolute atomic E-state index is 12.4. The number of hydrogen-bond acceptors (Lipinski definition) is 4. The van der Waals surface area contributed by atoms with Crippen LogP contribution >= 0.6 is 0 Å². The molecule has 1 aromatic heterocycles. The smallest absolute Gasteiger partial charge is 0.274 e. The predicted molar refractivity (Wildman–Crippen MR) is 79.1 cm³/mol. The van der Waals surface area contributed by atoms with Crippen LogP contribution in [0.5, 0.6) is 0 Å². The maximum atomic E-state index is 12.4. The lowest BCUT2D eigenvalue weighted by molar-refractivity contribution is 0.0704. The van der Waals surface area contributed by atoms with E-state index < -0.39 is 0 Å². The van der Waals surface area contributed by atoms with E-state index in [1.54, 1.807) is 0 Å². The first-order valence-corrected chi connectivity index (χ1v) is 7.82. The number of aliphatic hydroxyl groups excluding tert-OH is 2. The van der Waals surface area contributed by atoms with Crippen LogP contribution in [0.25, 0.3) is 0 Å². The lowest BCUT2D eigenvalue weighted by Crippen LogP contribution is -2.35. The minimum Gasteiger partial charge on any atom is -0.396 e. The topological polar surface area (TPSA) is 89.5 Å². The first-order chi connectivity index (χ1) is 10.3. The summed E-state index contributed by atoms with van der Waals surface area (Å²) in [7, 11) is 0. The second-order valence-electron chi connectivity index (χ2n) is 5.64. The number of aliphatic hydroxyl groups is 2. The number of H-pyrrole nitrogens is 1. The van der Waals surface area contributed by atoms with Gasteiger partial charge in [-0.1, -0.05) is 19.3 Å². The first-order valence-electron chi connectivity index (χ1n) is 7.82. The molecule has 1 aromatic rings. The van der Waals surface area contributed by atoms with Gasteiger partial charge in [0.25, 0.3) is 5.91 Å². The van der Waals surface area contributed by atoms with Crippen molar-refractivity contribution in [1.29, 1.82) is 0 Å². The van der Waals surface area contributed by atoms with Gasteiger partial charge >= 0.3 is 0 Å². The maximum Gasteiger partial charge on any atom is 0.274 e. The van der Waals surface area contributed by atoms with Crippen LogP contribution in [0.2, 0.25) is 0 Å². The van der Waals surface area contributed by atoms with Gasteiger partial charge in [0.1, 0.15) is 5.69 Å². The number of hydrogen-bond donors (Lipinski definition) is 3. The van der Waals surface area contributed by atoms with E-state index in [1.165, 1.54) is 24.2 Å². The highest BCUT2D eigenvalue weighted by molar-refractivity contribution is 5.92. The van der Waals surface area contributed by atoms with E-state index in [2.05, 4.69) is 10.2 Å². The number of rotatable bonds is 7. The molecule has 0 atom stereocenters. The summed E-state index contributed by atoms with van der Waals surface area (Å²) in [5, 5.41) is 25.1. The monoisotopic (exact) mass is 295 g/mol. The molecule has 1 aliphatic rings. The van der Waals surface area contributed by atoms with Crippen LogP contribution in [0.4, 0.5) is 0 Å². The average molecular weight is 295 g/mol. The van der Waals surface area contributed by atoms with Gasteiger partial charge in [-0.15, -0.1) is 0 Å². The third-order valence-electron chi connectivity index (χ3n) is 4.11. The van der Waals surface area contributed by atoms with Crippen LogP contribution < -0.4 is 0 Å². The number of carbonyl (C=O) groups is 1. The number of aromatic amines is 1. The SMILES string of the molecule is O=C(c1cc(C2CCCCC2)[nH]n1)N(CCO)CCCO. The van der Waals surface area contributed by atoms with Crippen molar-refractivity contribution in [1.82, 2.24) is 15.1 Å². The van der Waals surface area contributed by atoms with E-state index in [9.17, 15) is 4.79 Å². The number of nitrogens with one attached hydrogen (secondary N) is 1. The first kappa shape index (κ1) is 16.0. The summed E-state index contributed by atoms with van der Waals surface area (Å²) in [6.45, 7) is 0.645. The predicted octanol–water partition coefficient (Wildman–Crippen LogP) is 1.27. The zero-order chi connectivity index (χ0) is 15.1. The molecule has 0 aliphatic heterocycles. The van der Waals surface area contributed by atoms with Gasteiger partial charge in [0, 0.05) is 31.3 Å². The molecule has 0 aromatic carbocycles. The van der Waals surface area contributed by atoms with Gasteiger partial charge in [-0.25, -0.2) is 0 Å². The zero-order valence-electron chi connectivity index (χ0n) is 12.4. The molecule has 1 saturated carbocycles. The van der Waals surface area contributed by atoms with Gasteiger partial charge in [0.15, 0.2) is 0 Å². The van der Waals surface area contributed by atoms with Crippen LogP contribution in [-0.4, -0.2) is 57.5 Å². The molecule has 6 heteroatoms. The zero-order valence-corrected chi connectivity index (χ0v) is 12.4. The Bertz CT molecular complexity index is 441. The van der Waals surface area contributed by atoms with Gasteiger partial charge in [-0.2, -0.15) is 5.10 Å². The van der Waals surface area contributed by atoms with Crippen molar-refractivity contribution >= 4 is 5.91 Å². The van der Waals surface area contributed by atoms with E-state index in [4.69, 9.17) is 10.2 Å². The fourth-order valence-electron chi connectivity index (χ4n) is 2.93. The fourth-order valence-corrected chi connectivity index (χ4v) is 2.93. The number of carbonyl (C=O) groups excluding carboxylic acids is 1. The number of amides is 1. The number of nitrogens with zero attached hydrogens (tertiary/aromatic N) is 2. The van der Waals surface area contributed by atoms with Gasteiger partial charge in [0.2, 0.25) is 0 Å². The number of aromatic nitrogens is 2. The Balaban J connectivity index is 2.01. The normalized spacial score (nSPS) is 16.1. The largest absolute Gasteiger partial charge is 0.396 e. The van der Waals surface area contributed by atoms with E-state index in [-0.39, 0.29) is 25.7 Å². The molecule has 1 fully saturated rings. The highest BCUT2D eigenvalue weighted by atomic mass is 16.3. The average Bonchev–Trinajstić information content (AvgIpc) is 3.01. The minimum atomic E-state index is -0.184. The van der Waals surface area contributed by atoms with Crippen molar-refractivity contribution in [3.05, 3.63) is 17.5 Å². The molecule has 0 bridgehead atoms. The van der Waals surface area contributed by atoms with E-state index in [0.717, 1.165) is 18.5 Å². The molecule has 1 aliphatic carbocycles. The summed E-state index contributed by atoms with van der Waals surface area (Å²) in [6.07, 6.45) is 6.58. The molecule has 1 heterocycles. The molecule has 0 radical (unpaired) electrons. The van der Waals surface area contributed by atoms with Crippen molar-refractivity contribution < 1.29 is 15.0 Å². The van der Waals surface area contributed by atoms with Gasteiger partial charge in [0.05, 0.1) is 6.61 Å². The fraction of sp³-hybridized carbons (Fsp3) is 0.733. The molecule has 118 valence electrons. The van der Waals surface area contributed by atoms with Crippen molar-refractivity contribution in [3.8, 4) is 0 Å². The summed E-state index contributed by atoms with van der Waals surface area (Å²) in [4.78, 5) is 13.9. The second kappa shape index (κ2) is 8.14. The minimum absolute atomic E-state index is 0.0309. The Morgan fingerprint density at radius 2 is 2.00 bits per heavy atom. The van der Waals surface area contributed by atoms with Crippen molar-refractivity contribution in [2.75, 3.05) is 26.3 Å². The lowest BCUT2D eigenvalue weighted by atomic mass is 9.87. The molecule has 21 heavy (non-hydrogen) atoms. The summed E-state index contributed by atoms with van der Waals surface area (Å²) in [5.74, 6) is 0.298. The Labute approximate surface area is 125 Å². The summed E-state index contributed by atoms with van der Waals surface area (Å²) in [6, 6.07) is 1.85. The van der Waals surface area contributed by atoms with E-state index in [0.29, 0.717) is 24.6 Å². The molecule has 0 unspecified atom stereocenters. The standard InChI is InChI=1S/C15H25N3O3/c19-9-4-7-18(8-10-20)15(21)14-11-13(16-17-14)12-5-2-1-3-6-12/h11-12,19-20H,1-10H2,(H,16,17). The van der Waals surface area contributed by atoms with Gasteiger partial charge in [-0.05, 0) is 25.3 Å². The van der Waals surface area contributed by atoms with Crippen molar-refractivity contribution in [2.24, 2.45) is 0 Å². The third kappa shape index (κ3) is 4.28.